The van der Waals surface area contributed by atoms with E-state index in [1.807, 2.05) is 19.1 Å². The minimum absolute atomic E-state index is 0.323. The second-order valence-corrected chi connectivity index (χ2v) is 5.32. The van der Waals surface area contributed by atoms with E-state index >= 15 is 0 Å². The Labute approximate surface area is 121 Å². The molecule has 1 atom stereocenters. The number of benzene rings is 1. The SMILES string of the molecule is CCNC(C)(C(=O)OCC)c1ccc(Br)cc1Cl. The number of hydrogen-bond acceptors (Lipinski definition) is 3. The molecule has 100 valence electrons. The zero-order chi connectivity index (χ0) is 13.8. The Morgan fingerprint density at radius 3 is 2.67 bits per heavy atom. The minimum Gasteiger partial charge on any atom is -0.464 e. The van der Waals surface area contributed by atoms with E-state index in [4.69, 9.17) is 16.3 Å². The molecule has 0 bridgehead atoms. The van der Waals surface area contributed by atoms with E-state index < -0.39 is 5.54 Å². The number of rotatable bonds is 5. The molecule has 1 N–H and O–H groups in total. The fourth-order valence-corrected chi connectivity index (χ4v) is 2.66. The minimum atomic E-state index is -0.928. The zero-order valence-corrected chi connectivity index (χ0v) is 13.1. The van der Waals surface area contributed by atoms with E-state index in [1.165, 1.54) is 0 Å². The number of esters is 1. The van der Waals surface area contributed by atoms with Crippen LogP contribution in [0.5, 0.6) is 0 Å². The normalized spacial score (nSPS) is 14.1. The predicted molar refractivity (Wildman–Crippen MR) is 76.8 cm³/mol. The Bertz CT molecular complexity index is 439. The lowest BCUT2D eigenvalue weighted by Gasteiger charge is -2.29. The maximum Gasteiger partial charge on any atom is 0.330 e. The Hall–Kier alpha value is -0.580. The molecule has 1 aromatic rings. The third kappa shape index (κ3) is 3.25. The first-order valence-corrected chi connectivity index (χ1v) is 7.00. The lowest BCUT2D eigenvalue weighted by molar-refractivity contribution is -0.151. The van der Waals surface area contributed by atoms with Gasteiger partial charge in [-0.05, 0) is 32.5 Å². The van der Waals surface area contributed by atoms with Crippen LogP contribution in [0.3, 0.4) is 0 Å². The molecule has 18 heavy (non-hydrogen) atoms. The van der Waals surface area contributed by atoms with Gasteiger partial charge in [-0.2, -0.15) is 0 Å². The lowest BCUT2D eigenvalue weighted by Crippen LogP contribution is -2.47. The zero-order valence-electron chi connectivity index (χ0n) is 10.7. The molecule has 1 unspecified atom stereocenters. The average Bonchev–Trinajstić information content (AvgIpc) is 2.29. The summed E-state index contributed by atoms with van der Waals surface area (Å²) in [6, 6.07) is 5.45. The van der Waals surface area contributed by atoms with E-state index in [0.717, 1.165) is 4.47 Å². The molecule has 0 spiro atoms. The van der Waals surface area contributed by atoms with Crippen LogP contribution < -0.4 is 5.32 Å². The van der Waals surface area contributed by atoms with Crippen LogP contribution in [0.25, 0.3) is 0 Å². The van der Waals surface area contributed by atoms with Crippen LogP contribution >= 0.6 is 27.5 Å². The Morgan fingerprint density at radius 1 is 1.50 bits per heavy atom. The van der Waals surface area contributed by atoms with Gasteiger partial charge in [0.25, 0.3) is 0 Å². The summed E-state index contributed by atoms with van der Waals surface area (Å²) < 4.78 is 6.00. The predicted octanol–water partition coefficient (Wildman–Crippen LogP) is 3.49. The van der Waals surface area contributed by atoms with Crippen molar-refractivity contribution in [2.75, 3.05) is 13.2 Å². The molecule has 5 heteroatoms. The van der Waals surface area contributed by atoms with Gasteiger partial charge in [-0.1, -0.05) is 40.5 Å². The largest absolute Gasteiger partial charge is 0.464 e. The van der Waals surface area contributed by atoms with Gasteiger partial charge in [0.2, 0.25) is 0 Å². The van der Waals surface area contributed by atoms with E-state index in [-0.39, 0.29) is 5.97 Å². The standard InChI is InChI=1S/C13H17BrClNO2/c1-4-16-13(3,12(17)18-5-2)10-7-6-9(14)8-11(10)15/h6-8,16H,4-5H2,1-3H3. The highest BCUT2D eigenvalue weighted by Gasteiger charge is 2.37. The van der Waals surface area contributed by atoms with Crippen molar-refractivity contribution in [3.8, 4) is 0 Å². The third-order valence-electron chi connectivity index (χ3n) is 2.68. The molecule has 0 saturated carbocycles. The molecule has 0 radical (unpaired) electrons. The topological polar surface area (TPSA) is 38.3 Å². The van der Waals surface area contributed by atoms with Crippen molar-refractivity contribution >= 4 is 33.5 Å². The third-order valence-corrected chi connectivity index (χ3v) is 3.49. The van der Waals surface area contributed by atoms with Gasteiger partial charge < -0.3 is 4.74 Å². The summed E-state index contributed by atoms with van der Waals surface area (Å²) in [6.45, 7) is 6.48. The highest BCUT2D eigenvalue weighted by atomic mass is 79.9. The summed E-state index contributed by atoms with van der Waals surface area (Å²) in [6.07, 6.45) is 0. The number of hydrogen-bond donors (Lipinski definition) is 1. The van der Waals surface area contributed by atoms with Gasteiger partial charge in [0.05, 0.1) is 6.61 Å². The highest BCUT2D eigenvalue weighted by Crippen LogP contribution is 2.31. The average molecular weight is 335 g/mol. The second-order valence-electron chi connectivity index (χ2n) is 4.00. The molecule has 0 heterocycles. The Morgan fingerprint density at radius 2 is 2.17 bits per heavy atom. The molecule has 3 nitrogen and oxygen atoms in total. The summed E-state index contributed by atoms with van der Waals surface area (Å²) in [5.41, 5.74) is -0.213. The molecule has 0 fully saturated rings. The van der Waals surface area contributed by atoms with Crippen molar-refractivity contribution in [1.29, 1.82) is 0 Å². The summed E-state index contributed by atoms with van der Waals surface area (Å²) >= 11 is 9.56. The molecule has 0 aliphatic rings. The quantitative estimate of drug-likeness (QED) is 0.838. The van der Waals surface area contributed by atoms with Crippen LogP contribution in [0.2, 0.25) is 5.02 Å². The fourth-order valence-electron chi connectivity index (χ4n) is 1.80. The van der Waals surface area contributed by atoms with Gasteiger partial charge in [0.1, 0.15) is 5.54 Å². The van der Waals surface area contributed by atoms with Gasteiger partial charge in [-0.15, -0.1) is 0 Å². The molecule has 0 amide bonds. The number of carbonyl (C=O) groups is 1. The molecule has 0 aromatic heterocycles. The van der Waals surface area contributed by atoms with Crippen molar-refractivity contribution in [3.63, 3.8) is 0 Å². The van der Waals surface area contributed by atoms with Crippen molar-refractivity contribution in [2.45, 2.75) is 26.3 Å². The van der Waals surface area contributed by atoms with Crippen molar-refractivity contribution < 1.29 is 9.53 Å². The smallest absolute Gasteiger partial charge is 0.330 e. The number of halogens is 2. The first-order chi connectivity index (χ1) is 8.45. The van der Waals surface area contributed by atoms with Gasteiger partial charge >= 0.3 is 5.97 Å². The van der Waals surface area contributed by atoms with Crippen LogP contribution in [0.4, 0.5) is 0 Å². The van der Waals surface area contributed by atoms with Crippen LogP contribution in [-0.2, 0) is 15.1 Å². The van der Waals surface area contributed by atoms with Gasteiger partial charge in [0, 0.05) is 15.1 Å². The molecular formula is C13H17BrClNO2. The summed E-state index contributed by atoms with van der Waals surface area (Å²) in [4.78, 5) is 12.1. The van der Waals surface area contributed by atoms with Gasteiger partial charge in [0.15, 0.2) is 0 Å². The molecule has 1 aromatic carbocycles. The molecule has 0 aliphatic heterocycles. The summed E-state index contributed by atoms with van der Waals surface area (Å²) in [7, 11) is 0. The summed E-state index contributed by atoms with van der Waals surface area (Å²) in [5, 5.41) is 3.67. The first kappa shape index (κ1) is 15.5. The second kappa shape index (κ2) is 6.55. The van der Waals surface area contributed by atoms with Crippen LogP contribution in [-0.4, -0.2) is 19.1 Å². The summed E-state index contributed by atoms with van der Waals surface area (Å²) in [5.74, 6) is -0.323. The van der Waals surface area contributed by atoms with Crippen molar-refractivity contribution in [2.24, 2.45) is 0 Å². The number of likely N-dealkylation sites (N-methyl/N-ethyl adjacent to an activating group) is 1. The van der Waals surface area contributed by atoms with Gasteiger partial charge in [-0.3, -0.25) is 5.32 Å². The van der Waals surface area contributed by atoms with Gasteiger partial charge in [-0.25, -0.2) is 4.79 Å². The molecular weight excluding hydrogens is 318 g/mol. The Kier molecular flexibility index (Phi) is 5.63. The van der Waals surface area contributed by atoms with Crippen molar-refractivity contribution in [1.82, 2.24) is 5.32 Å². The van der Waals surface area contributed by atoms with E-state index in [1.54, 1.807) is 19.9 Å². The number of nitrogens with one attached hydrogen (secondary N) is 1. The van der Waals surface area contributed by atoms with Crippen LogP contribution in [0, 0.1) is 0 Å². The maximum atomic E-state index is 12.1. The van der Waals surface area contributed by atoms with Crippen molar-refractivity contribution in [3.05, 3.63) is 33.3 Å². The maximum absolute atomic E-state index is 12.1. The number of ether oxygens (including phenoxy) is 1. The fraction of sp³-hybridized carbons (Fsp3) is 0.462. The lowest BCUT2D eigenvalue weighted by atomic mass is 9.92. The van der Waals surface area contributed by atoms with E-state index in [0.29, 0.717) is 23.7 Å². The highest BCUT2D eigenvalue weighted by molar-refractivity contribution is 9.10. The first-order valence-electron chi connectivity index (χ1n) is 5.83. The van der Waals surface area contributed by atoms with Crippen LogP contribution in [0.15, 0.2) is 22.7 Å². The van der Waals surface area contributed by atoms with E-state index in [2.05, 4.69) is 21.2 Å². The molecule has 1 rings (SSSR count). The van der Waals surface area contributed by atoms with Crippen LogP contribution in [0.1, 0.15) is 26.3 Å². The van der Waals surface area contributed by atoms with E-state index in [9.17, 15) is 4.79 Å². The Balaban J connectivity index is 3.21. The monoisotopic (exact) mass is 333 g/mol. The molecule has 0 saturated heterocycles. The molecule has 0 aliphatic carbocycles. The number of carbonyl (C=O) groups excluding carboxylic acids is 1.